The van der Waals surface area contributed by atoms with Crippen LogP contribution >= 0.6 is 0 Å². The normalized spacial score (nSPS) is 17.8. The molecule has 1 aliphatic heterocycles. The number of hydrogen-bond acceptors (Lipinski definition) is 6. The Labute approximate surface area is 171 Å². The second kappa shape index (κ2) is 8.06. The predicted octanol–water partition coefficient (Wildman–Crippen LogP) is 4.69. The fourth-order valence-electron chi connectivity index (χ4n) is 3.38. The molecule has 158 valence electrons. The van der Waals surface area contributed by atoms with E-state index in [1.807, 2.05) is 6.07 Å². The van der Waals surface area contributed by atoms with Crippen molar-refractivity contribution >= 4 is 16.7 Å². The molecule has 1 aliphatic rings. The zero-order chi connectivity index (χ0) is 21.3. The lowest BCUT2D eigenvalue weighted by molar-refractivity contribution is -0.137. The third kappa shape index (κ3) is 4.30. The van der Waals surface area contributed by atoms with E-state index in [4.69, 9.17) is 9.47 Å². The van der Waals surface area contributed by atoms with E-state index in [9.17, 15) is 13.2 Å². The summed E-state index contributed by atoms with van der Waals surface area (Å²) in [6, 6.07) is 6.62. The second-order valence-electron chi connectivity index (χ2n) is 7.29. The Kier molecular flexibility index (Phi) is 5.46. The number of benzene rings is 1. The van der Waals surface area contributed by atoms with E-state index in [0.29, 0.717) is 46.9 Å². The van der Waals surface area contributed by atoms with Gasteiger partial charge in [0.2, 0.25) is 0 Å². The first kappa shape index (κ1) is 20.3. The summed E-state index contributed by atoms with van der Waals surface area (Å²) in [5, 5.41) is 12.2. The summed E-state index contributed by atoms with van der Waals surface area (Å²) >= 11 is 0. The molecule has 0 amide bonds. The monoisotopic (exact) mass is 418 g/mol. The molecule has 2 aromatic heterocycles. The van der Waals surface area contributed by atoms with Crippen molar-refractivity contribution in [3.8, 4) is 5.75 Å². The molecule has 2 atom stereocenters. The van der Waals surface area contributed by atoms with Gasteiger partial charge in [0.05, 0.1) is 47.6 Å². The van der Waals surface area contributed by atoms with Crippen LogP contribution in [0.5, 0.6) is 5.75 Å². The van der Waals surface area contributed by atoms with Crippen molar-refractivity contribution in [1.82, 2.24) is 15.2 Å². The summed E-state index contributed by atoms with van der Waals surface area (Å²) in [6.07, 6.45) is -1.98. The lowest BCUT2D eigenvalue weighted by atomic mass is 10.0. The van der Waals surface area contributed by atoms with Gasteiger partial charge in [-0.25, -0.2) is 0 Å². The topological polar surface area (TPSA) is 69.2 Å². The molecule has 1 fully saturated rings. The van der Waals surface area contributed by atoms with Crippen LogP contribution < -0.4 is 10.1 Å². The highest BCUT2D eigenvalue weighted by Gasteiger charge is 2.30. The second-order valence-corrected chi connectivity index (χ2v) is 7.29. The number of alkyl halides is 3. The summed E-state index contributed by atoms with van der Waals surface area (Å²) < 4.78 is 50.4. The van der Waals surface area contributed by atoms with Gasteiger partial charge in [-0.1, -0.05) is 12.1 Å². The first-order valence-electron chi connectivity index (χ1n) is 9.62. The molecule has 6 nitrogen and oxygen atoms in total. The van der Waals surface area contributed by atoms with Crippen LogP contribution in [0.4, 0.5) is 19.0 Å². The van der Waals surface area contributed by atoms with Gasteiger partial charge in [-0.2, -0.15) is 18.3 Å². The van der Waals surface area contributed by atoms with E-state index < -0.39 is 17.8 Å². The van der Waals surface area contributed by atoms with Crippen LogP contribution in [-0.2, 0) is 10.9 Å². The Morgan fingerprint density at radius 3 is 2.80 bits per heavy atom. The molecule has 1 aromatic carbocycles. The van der Waals surface area contributed by atoms with Gasteiger partial charge in [-0.3, -0.25) is 4.98 Å². The van der Waals surface area contributed by atoms with E-state index in [-0.39, 0.29) is 6.10 Å². The van der Waals surface area contributed by atoms with E-state index in [1.54, 1.807) is 26.1 Å². The number of nitrogens with zero attached hydrogens (tertiary/aromatic N) is 3. The van der Waals surface area contributed by atoms with Gasteiger partial charge < -0.3 is 14.8 Å². The smallest absolute Gasteiger partial charge is 0.416 e. The zero-order valence-corrected chi connectivity index (χ0v) is 16.5. The number of pyridine rings is 1. The number of halogens is 3. The first-order valence-corrected chi connectivity index (χ1v) is 9.62. The van der Waals surface area contributed by atoms with Crippen LogP contribution in [0.25, 0.3) is 10.9 Å². The summed E-state index contributed by atoms with van der Waals surface area (Å²) in [7, 11) is 0. The first-order chi connectivity index (χ1) is 14.3. The predicted molar refractivity (Wildman–Crippen MR) is 105 cm³/mol. The maximum atomic E-state index is 13.0. The Morgan fingerprint density at radius 1 is 1.23 bits per heavy atom. The molecule has 0 saturated carbocycles. The van der Waals surface area contributed by atoms with Gasteiger partial charge in [0.25, 0.3) is 0 Å². The Hall–Kier alpha value is -2.94. The Morgan fingerprint density at radius 2 is 2.07 bits per heavy atom. The highest BCUT2D eigenvalue weighted by Crippen LogP contribution is 2.32. The molecule has 1 N–H and O–H groups in total. The minimum atomic E-state index is -4.40. The van der Waals surface area contributed by atoms with Crippen molar-refractivity contribution in [2.24, 2.45) is 0 Å². The van der Waals surface area contributed by atoms with Gasteiger partial charge in [0.1, 0.15) is 11.9 Å². The average molecular weight is 418 g/mol. The maximum Gasteiger partial charge on any atom is 0.416 e. The number of nitrogens with one attached hydrogen (secondary N) is 1. The molecule has 1 saturated heterocycles. The van der Waals surface area contributed by atoms with Crippen molar-refractivity contribution in [2.75, 3.05) is 18.5 Å². The number of rotatable bonds is 5. The number of anilines is 1. The minimum absolute atomic E-state index is 0.0272. The van der Waals surface area contributed by atoms with Gasteiger partial charge in [-0.05, 0) is 37.6 Å². The molecular formula is C21H21F3N4O2. The fourth-order valence-corrected chi connectivity index (χ4v) is 3.38. The van der Waals surface area contributed by atoms with Crippen LogP contribution in [-0.4, -0.2) is 34.5 Å². The maximum absolute atomic E-state index is 13.0. The lowest BCUT2D eigenvalue weighted by Crippen LogP contribution is -2.16. The van der Waals surface area contributed by atoms with Crippen molar-refractivity contribution in [2.45, 2.75) is 38.6 Å². The number of fused-ring (bicyclic) bond motifs is 1. The highest BCUT2D eigenvalue weighted by atomic mass is 19.4. The molecular weight excluding hydrogens is 397 g/mol. The van der Waals surface area contributed by atoms with Crippen molar-refractivity contribution in [3.05, 3.63) is 53.3 Å². The Balaban J connectivity index is 1.63. The van der Waals surface area contributed by atoms with Crippen LogP contribution in [0, 0.1) is 6.92 Å². The van der Waals surface area contributed by atoms with Gasteiger partial charge in [0, 0.05) is 6.42 Å². The van der Waals surface area contributed by atoms with E-state index in [0.717, 1.165) is 18.6 Å². The molecule has 1 unspecified atom stereocenters. The molecule has 0 spiro atoms. The summed E-state index contributed by atoms with van der Waals surface area (Å²) in [4.78, 5) is 4.45. The van der Waals surface area contributed by atoms with E-state index >= 15 is 0 Å². The van der Waals surface area contributed by atoms with Crippen molar-refractivity contribution < 1.29 is 22.6 Å². The molecule has 0 radical (unpaired) electrons. The summed E-state index contributed by atoms with van der Waals surface area (Å²) in [5.74, 6) is 1.02. The number of aryl methyl sites for hydroxylation is 1. The zero-order valence-electron chi connectivity index (χ0n) is 16.5. The summed E-state index contributed by atoms with van der Waals surface area (Å²) in [5.41, 5.74) is 1.10. The lowest BCUT2D eigenvalue weighted by Gasteiger charge is -2.18. The quantitative estimate of drug-likeness (QED) is 0.648. The highest BCUT2D eigenvalue weighted by molar-refractivity contribution is 5.91. The standard InChI is InChI=1S/C21H21F3N4O2/c1-12(14-4-3-5-15(8-14)21(22,23)24)26-20-18-9-17(30-16-6-7-29-11-16)10-25-19(18)13(2)27-28-20/h3-5,8-10,12,16H,6-7,11H2,1-2H3,(H,26,28)/t12?,16-/m0/s1. The third-order valence-electron chi connectivity index (χ3n) is 5.02. The van der Waals surface area contributed by atoms with Crippen molar-refractivity contribution in [3.63, 3.8) is 0 Å². The van der Waals surface area contributed by atoms with Gasteiger partial charge in [0.15, 0.2) is 5.82 Å². The summed E-state index contributed by atoms with van der Waals surface area (Å²) in [6.45, 7) is 4.76. The number of hydrogen-bond donors (Lipinski definition) is 1. The van der Waals surface area contributed by atoms with Gasteiger partial charge in [-0.15, -0.1) is 5.10 Å². The van der Waals surface area contributed by atoms with Crippen LogP contribution in [0.3, 0.4) is 0 Å². The van der Waals surface area contributed by atoms with Crippen LogP contribution in [0.15, 0.2) is 36.5 Å². The molecule has 4 rings (SSSR count). The molecule has 3 heterocycles. The average Bonchev–Trinajstić information content (AvgIpc) is 3.22. The molecule has 0 bridgehead atoms. The SMILES string of the molecule is Cc1nnc(NC(C)c2cccc(C(F)(F)F)c2)c2cc(O[C@H]3CCOC3)cnc12. The molecule has 0 aliphatic carbocycles. The van der Waals surface area contributed by atoms with Crippen LogP contribution in [0.1, 0.15) is 36.2 Å². The van der Waals surface area contributed by atoms with Gasteiger partial charge >= 0.3 is 6.18 Å². The largest absolute Gasteiger partial charge is 0.486 e. The van der Waals surface area contributed by atoms with Crippen LogP contribution in [0.2, 0.25) is 0 Å². The Bertz CT molecular complexity index is 1050. The minimum Gasteiger partial charge on any atom is -0.486 e. The third-order valence-corrected chi connectivity index (χ3v) is 5.02. The van der Waals surface area contributed by atoms with E-state index in [2.05, 4.69) is 20.5 Å². The number of aromatic nitrogens is 3. The number of ether oxygens (including phenoxy) is 2. The fraction of sp³-hybridized carbons (Fsp3) is 0.381. The molecule has 3 aromatic rings. The van der Waals surface area contributed by atoms with Crippen molar-refractivity contribution in [1.29, 1.82) is 0 Å². The molecule has 30 heavy (non-hydrogen) atoms. The van der Waals surface area contributed by atoms with E-state index in [1.165, 1.54) is 6.07 Å². The molecule has 9 heteroatoms.